The zero-order valence-electron chi connectivity index (χ0n) is 8.43. The Hall–Kier alpha value is -1.33. The molecule has 0 fully saturated rings. The Morgan fingerprint density at radius 2 is 2.07 bits per heavy atom. The molecule has 0 bridgehead atoms. The first-order valence-electron chi connectivity index (χ1n) is 4.43. The Balaban J connectivity index is 2.66. The number of carbonyl (C=O) groups is 1. The topological polar surface area (TPSA) is 34.9 Å². The number of hydrogen-bond acceptors (Lipinski definition) is 2. The third-order valence-corrected chi connectivity index (χ3v) is 1.87. The van der Waals surface area contributed by atoms with Crippen LogP contribution in [0.2, 0.25) is 0 Å². The van der Waals surface area contributed by atoms with E-state index in [-0.39, 0.29) is 0 Å². The third kappa shape index (κ3) is 3.38. The van der Waals surface area contributed by atoms with E-state index in [0.29, 0.717) is 11.4 Å². The summed E-state index contributed by atoms with van der Waals surface area (Å²) in [6.07, 6.45) is -5.97. The van der Waals surface area contributed by atoms with Gasteiger partial charge in [-0.05, 0) is 19.9 Å². The Bertz CT molecular complexity index is 368. The summed E-state index contributed by atoms with van der Waals surface area (Å²) in [6.45, 7) is 3.31. The summed E-state index contributed by atoms with van der Waals surface area (Å²) in [5.74, 6) is -0.627. The number of halogens is 3. The maximum Gasteiger partial charge on any atom is 0.389 e. The second-order valence-corrected chi connectivity index (χ2v) is 3.35. The molecule has 0 aliphatic rings. The van der Waals surface area contributed by atoms with Gasteiger partial charge in [0, 0.05) is 12.1 Å². The van der Waals surface area contributed by atoms with Crippen LogP contribution in [-0.4, -0.2) is 21.9 Å². The van der Waals surface area contributed by atoms with Crippen LogP contribution in [-0.2, 0) is 0 Å². The van der Waals surface area contributed by atoms with Crippen LogP contribution in [0.1, 0.15) is 29.0 Å². The molecule has 0 aliphatic carbocycles. The highest BCUT2D eigenvalue weighted by atomic mass is 19.4. The monoisotopic (exact) mass is 220 g/mol. The van der Waals surface area contributed by atoms with Gasteiger partial charge in [-0.3, -0.25) is 4.79 Å². The summed E-state index contributed by atoms with van der Waals surface area (Å²) in [4.78, 5) is 11.3. The summed E-state index contributed by atoms with van der Waals surface area (Å²) in [6, 6.07) is 1.64. The van der Waals surface area contributed by atoms with Gasteiger partial charge in [-0.15, -0.1) is 0 Å². The zero-order valence-corrected chi connectivity index (χ0v) is 8.43. The molecule has 0 atom stereocenters. The van der Waals surface area contributed by atoms with Crippen molar-refractivity contribution in [1.29, 1.82) is 0 Å². The van der Waals surface area contributed by atoms with Gasteiger partial charge in [0.2, 0.25) is 5.91 Å². The van der Waals surface area contributed by atoms with Gasteiger partial charge >= 0.3 is 6.18 Å². The SMILES string of the molecule is Cc1cc(C)n(C(=O)CCC(F)(F)F)n1. The second kappa shape index (κ2) is 4.04. The van der Waals surface area contributed by atoms with Crippen LogP contribution in [0.25, 0.3) is 0 Å². The Kier molecular flexibility index (Phi) is 3.16. The molecule has 0 spiro atoms. The maximum atomic E-state index is 11.9. The molecule has 0 amide bonds. The number of aromatic nitrogens is 2. The molecule has 84 valence electrons. The summed E-state index contributed by atoms with van der Waals surface area (Å²) in [7, 11) is 0. The van der Waals surface area contributed by atoms with Crippen molar-refractivity contribution in [2.24, 2.45) is 0 Å². The molecular weight excluding hydrogens is 209 g/mol. The second-order valence-electron chi connectivity index (χ2n) is 3.35. The van der Waals surface area contributed by atoms with Gasteiger partial charge < -0.3 is 0 Å². The van der Waals surface area contributed by atoms with E-state index in [1.807, 2.05) is 0 Å². The first-order valence-corrected chi connectivity index (χ1v) is 4.43. The largest absolute Gasteiger partial charge is 0.389 e. The van der Waals surface area contributed by atoms with Gasteiger partial charge in [0.25, 0.3) is 0 Å². The molecule has 6 heteroatoms. The summed E-state index contributed by atoms with van der Waals surface area (Å²) in [5, 5.41) is 3.81. The molecule has 0 radical (unpaired) electrons. The molecule has 0 unspecified atom stereocenters. The fourth-order valence-electron chi connectivity index (χ4n) is 1.24. The molecule has 3 nitrogen and oxygen atoms in total. The average Bonchev–Trinajstić information content (AvgIpc) is 2.40. The third-order valence-electron chi connectivity index (χ3n) is 1.87. The quantitative estimate of drug-likeness (QED) is 0.767. The molecule has 0 saturated carbocycles. The molecule has 1 heterocycles. The van der Waals surface area contributed by atoms with E-state index in [2.05, 4.69) is 5.10 Å². The Morgan fingerprint density at radius 3 is 2.47 bits per heavy atom. The molecule has 0 N–H and O–H groups in total. The maximum absolute atomic E-state index is 11.9. The van der Waals surface area contributed by atoms with E-state index in [9.17, 15) is 18.0 Å². The highest BCUT2D eigenvalue weighted by Gasteiger charge is 2.28. The number of hydrogen-bond donors (Lipinski definition) is 0. The number of aryl methyl sites for hydroxylation is 2. The fraction of sp³-hybridized carbons (Fsp3) is 0.556. The van der Waals surface area contributed by atoms with Gasteiger partial charge in [-0.2, -0.15) is 18.3 Å². The molecule has 15 heavy (non-hydrogen) atoms. The van der Waals surface area contributed by atoms with Crippen molar-refractivity contribution in [2.75, 3.05) is 0 Å². The Morgan fingerprint density at radius 1 is 1.47 bits per heavy atom. The van der Waals surface area contributed by atoms with E-state index in [0.717, 1.165) is 4.68 Å². The summed E-state index contributed by atoms with van der Waals surface area (Å²) >= 11 is 0. The smallest absolute Gasteiger partial charge is 0.273 e. The normalized spacial score (nSPS) is 11.8. The lowest BCUT2D eigenvalue weighted by molar-refractivity contribution is -0.133. The standard InChI is InChI=1S/C9H11F3N2O/c1-6-5-7(2)14(13-6)8(15)3-4-9(10,11)12/h5H,3-4H2,1-2H3. The lowest BCUT2D eigenvalue weighted by Gasteiger charge is -2.05. The van der Waals surface area contributed by atoms with E-state index in [4.69, 9.17) is 0 Å². The van der Waals surface area contributed by atoms with Crippen molar-refractivity contribution in [3.63, 3.8) is 0 Å². The number of carbonyl (C=O) groups excluding carboxylic acids is 1. The van der Waals surface area contributed by atoms with Gasteiger partial charge in [0.1, 0.15) is 0 Å². The van der Waals surface area contributed by atoms with Gasteiger partial charge in [0.05, 0.1) is 12.1 Å². The first kappa shape index (κ1) is 11.7. The van der Waals surface area contributed by atoms with Crippen LogP contribution in [0.15, 0.2) is 6.07 Å². The number of alkyl halides is 3. The van der Waals surface area contributed by atoms with E-state index in [1.54, 1.807) is 19.9 Å². The van der Waals surface area contributed by atoms with Crippen LogP contribution in [0.5, 0.6) is 0 Å². The van der Waals surface area contributed by atoms with E-state index < -0.39 is 24.9 Å². The minimum absolute atomic E-state index is 0.555. The van der Waals surface area contributed by atoms with Crippen molar-refractivity contribution in [2.45, 2.75) is 32.9 Å². The summed E-state index contributed by atoms with van der Waals surface area (Å²) in [5.41, 5.74) is 1.17. The Labute approximate surface area is 84.9 Å². The molecule has 0 aromatic carbocycles. The highest BCUT2D eigenvalue weighted by Crippen LogP contribution is 2.21. The summed E-state index contributed by atoms with van der Waals surface area (Å²) < 4.78 is 36.6. The first-order chi connectivity index (χ1) is 6.79. The lowest BCUT2D eigenvalue weighted by Crippen LogP contribution is -2.17. The minimum atomic E-state index is -4.30. The minimum Gasteiger partial charge on any atom is -0.273 e. The molecular formula is C9H11F3N2O. The van der Waals surface area contributed by atoms with Crippen molar-refractivity contribution < 1.29 is 18.0 Å². The zero-order chi connectivity index (χ0) is 11.6. The van der Waals surface area contributed by atoms with Gasteiger partial charge in [-0.1, -0.05) is 0 Å². The van der Waals surface area contributed by atoms with Crippen molar-refractivity contribution in [3.8, 4) is 0 Å². The number of rotatable bonds is 2. The van der Waals surface area contributed by atoms with Crippen LogP contribution >= 0.6 is 0 Å². The van der Waals surface area contributed by atoms with Gasteiger partial charge in [-0.25, -0.2) is 4.68 Å². The van der Waals surface area contributed by atoms with E-state index >= 15 is 0 Å². The predicted octanol–water partition coefficient (Wildman–Crippen LogP) is 2.48. The molecule has 1 rings (SSSR count). The molecule has 0 saturated heterocycles. The van der Waals surface area contributed by atoms with Crippen LogP contribution < -0.4 is 0 Å². The molecule has 1 aromatic heterocycles. The van der Waals surface area contributed by atoms with Crippen molar-refractivity contribution in [3.05, 3.63) is 17.5 Å². The fourth-order valence-corrected chi connectivity index (χ4v) is 1.24. The van der Waals surface area contributed by atoms with Crippen molar-refractivity contribution >= 4 is 5.91 Å². The lowest BCUT2D eigenvalue weighted by atomic mass is 10.3. The van der Waals surface area contributed by atoms with Crippen LogP contribution in [0.4, 0.5) is 13.2 Å². The van der Waals surface area contributed by atoms with Gasteiger partial charge in [0.15, 0.2) is 0 Å². The molecule has 0 aliphatic heterocycles. The van der Waals surface area contributed by atoms with Crippen LogP contribution in [0.3, 0.4) is 0 Å². The number of nitrogens with zero attached hydrogens (tertiary/aromatic N) is 2. The molecule has 1 aromatic rings. The van der Waals surface area contributed by atoms with Crippen LogP contribution in [0, 0.1) is 13.8 Å². The van der Waals surface area contributed by atoms with E-state index in [1.165, 1.54) is 0 Å². The average molecular weight is 220 g/mol. The highest BCUT2D eigenvalue weighted by molar-refractivity contribution is 5.78. The predicted molar refractivity (Wildman–Crippen MR) is 47.6 cm³/mol. The van der Waals surface area contributed by atoms with Crippen molar-refractivity contribution in [1.82, 2.24) is 9.78 Å².